The summed E-state index contributed by atoms with van der Waals surface area (Å²) in [7, 11) is 0. The van der Waals surface area contributed by atoms with Crippen LogP contribution >= 0.6 is 24.0 Å². The molecule has 1 aliphatic rings. The molecule has 6 nitrogen and oxygen atoms in total. The quantitative estimate of drug-likeness (QED) is 0.460. The van der Waals surface area contributed by atoms with Crippen LogP contribution in [0.5, 0.6) is 0 Å². The number of anilines is 1. The Hall–Kier alpha value is -2.71. The van der Waals surface area contributed by atoms with E-state index in [4.69, 9.17) is 17.2 Å². The highest BCUT2D eigenvalue weighted by Crippen LogP contribution is 2.34. The fourth-order valence-electron chi connectivity index (χ4n) is 3.36. The normalized spacial score (nSPS) is 13.0. The molecule has 0 fully saturated rings. The molecule has 5 rings (SSSR count). The minimum Gasteiger partial charge on any atom is -0.352 e. The lowest BCUT2D eigenvalue weighted by molar-refractivity contribution is 0.824. The van der Waals surface area contributed by atoms with E-state index in [0.717, 1.165) is 33.4 Å². The van der Waals surface area contributed by atoms with Crippen LogP contribution in [-0.2, 0) is 5.75 Å². The molecular formula is C19H16N6S2. The number of aromatic nitrogens is 5. The van der Waals surface area contributed by atoms with Crippen LogP contribution in [-0.4, -0.2) is 24.8 Å². The first-order chi connectivity index (χ1) is 13.1. The monoisotopic (exact) mass is 392 g/mol. The molecule has 27 heavy (non-hydrogen) atoms. The molecule has 0 unspecified atom stereocenters. The molecule has 4 heterocycles. The van der Waals surface area contributed by atoms with E-state index in [1.54, 1.807) is 18.0 Å². The second kappa shape index (κ2) is 6.17. The number of nitrogens with one attached hydrogen (secondary N) is 2. The minimum atomic E-state index is 0.627. The zero-order valence-electron chi connectivity index (χ0n) is 14.8. The Morgan fingerprint density at radius 3 is 2.93 bits per heavy atom. The van der Waals surface area contributed by atoms with Crippen molar-refractivity contribution < 1.29 is 0 Å². The molecule has 1 aromatic carbocycles. The zero-order chi connectivity index (χ0) is 18.5. The number of nitrogens with zero attached hydrogens (tertiary/aromatic N) is 4. The Morgan fingerprint density at radius 2 is 2.07 bits per heavy atom. The van der Waals surface area contributed by atoms with Crippen molar-refractivity contribution in [1.29, 1.82) is 0 Å². The first kappa shape index (κ1) is 16.5. The number of hydrogen-bond donors (Lipinski definition) is 2. The highest BCUT2D eigenvalue weighted by Gasteiger charge is 2.22. The molecule has 0 atom stereocenters. The first-order valence-corrected chi connectivity index (χ1v) is 9.94. The van der Waals surface area contributed by atoms with Crippen molar-refractivity contribution in [2.24, 2.45) is 0 Å². The molecule has 0 spiro atoms. The predicted octanol–water partition coefficient (Wildman–Crippen LogP) is 4.65. The number of hydrogen-bond acceptors (Lipinski definition) is 6. The number of benzene rings is 1. The highest BCUT2D eigenvalue weighted by molar-refractivity contribution is 7.98. The van der Waals surface area contributed by atoms with Crippen LogP contribution in [0.4, 0.5) is 5.82 Å². The molecule has 0 saturated heterocycles. The van der Waals surface area contributed by atoms with Gasteiger partial charge in [0.05, 0.1) is 11.1 Å². The molecule has 1 aliphatic heterocycles. The van der Waals surface area contributed by atoms with Crippen LogP contribution in [0.25, 0.3) is 22.3 Å². The van der Waals surface area contributed by atoms with Crippen LogP contribution in [0.2, 0.25) is 0 Å². The third-order valence-corrected chi connectivity index (χ3v) is 5.95. The molecular weight excluding hydrogens is 376 g/mol. The predicted molar refractivity (Wildman–Crippen MR) is 110 cm³/mol. The smallest absolute Gasteiger partial charge is 0.210 e. The van der Waals surface area contributed by atoms with Crippen LogP contribution in [0.3, 0.4) is 0 Å². The van der Waals surface area contributed by atoms with Gasteiger partial charge in [0.15, 0.2) is 5.82 Å². The van der Waals surface area contributed by atoms with E-state index in [2.05, 4.69) is 52.7 Å². The van der Waals surface area contributed by atoms with Gasteiger partial charge in [-0.05, 0) is 49.2 Å². The lowest BCUT2D eigenvalue weighted by Gasteiger charge is -2.13. The maximum absolute atomic E-state index is 5.42. The first-order valence-electron chi connectivity index (χ1n) is 8.54. The molecule has 2 N–H and O–H groups in total. The van der Waals surface area contributed by atoms with Crippen LogP contribution in [0.1, 0.15) is 16.7 Å². The van der Waals surface area contributed by atoms with Crippen molar-refractivity contribution in [2.75, 3.05) is 5.43 Å². The van der Waals surface area contributed by atoms with Crippen LogP contribution in [0, 0.1) is 18.5 Å². The van der Waals surface area contributed by atoms with Crippen LogP contribution in [0.15, 0.2) is 41.7 Å². The Balaban J connectivity index is 1.68. The lowest BCUT2D eigenvalue weighted by Crippen LogP contribution is -2.13. The van der Waals surface area contributed by atoms with Gasteiger partial charge in [-0.15, -0.1) is 10.2 Å². The van der Waals surface area contributed by atoms with Gasteiger partial charge in [0.1, 0.15) is 10.5 Å². The fraction of sp³-hybridized carbons (Fsp3) is 0.158. The number of fused-ring (bicyclic) bond motifs is 3. The van der Waals surface area contributed by atoms with Crippen LogP contribution < -0.4 is 5.43 Å². The third-order valence-electron chi connectivity index (χ3n) is 4.63. The second-order valence-electron chi connectivity index (χ2n) is 6.60. The molecule has 0 radical (unpaired) electrons. The molecule has 3 aromatic heterocycles. The van der Waals surface area contributed by atoms with Gasteiger partial charge in [-0.3, -0.25) is 5.43 Å². The summed E-state index contributed by atoms with van der Waals surface area (Å²) in [6.45, 7) is 4.22. The summed E-state index contributed by atoms with van der Waals surface area (Å²) in [4.78, 5) is 7.95. The average molecular weight is 393 g/mol. The SMILES string of the molecule is Cc1cc(C)c2cc3c(nc2c1)Nn1c(nnc1-c1ccc[nH]c1=S)SC3. The molecule has 4 aromatic rings. The maximum Gasteiger partial charge on any atom is 0.210 e. The average Bonchev–Trinajstić information content (AvgIpc) is 2.94. The summed E-state index contributed by atoms with van der Waals surface area (Å²) < 4.78 is 2.50. The summed E-state index contributed by atoms with van der Waals surface area (Å²) >= 11 is 7.06. The lowest BCUT2D eigenvalue weighted by atomic mass is 10.0. The molecule has 0 aliphatic carbocycles. The van der Waals surface area contributed by atoms with Crippen molar-refractivity contribution in [2.45, 2.75) is 24.8 Å². The zero-order valence-corrected chi connectivity index (χ0v) is 16.4. The minimum absolute atomic E-state index is 0.627. The van der Waals surface area contributed by atoms with Crippen molar-refractivity contribution in [3.8, 4) is 11.4 Å². The van der Waals surface area contributed by atoms with Crippen molar-refractivity contribution >= 4 is 40.7 Å². The Bertz CT molecular complexity index is 1260. The number of aromatic amines is 1. The van der Waals surface area contributed by atoms with E-state index in [0.29, 0.717) is 10.5 Å². The van der Waals surface area contributed by atoms with Gasteiger partial charge >= 0.3 is 0 Å². The highest BCUT2D eigenvalue weighted by atomic mass is 32.2. The number of aryl methyl sites for hydroxylation is 2. The van der Waals surface area contributed by atoms with E-state index in [-0.39, 0.29) is 0 Å². The van der Waals surface area contributed by atoms with Gasteiger partial charge in [-0.1, -0.05) is 30.0 Å². The van der Waals surface area contributed by atoms with Gasteiger partial charge in [-0.25, -0.2) is 9.66 Å². The van der Waals surface area contributed by atoms with E-state index < -0.39 is 0 Å². The number of pyridine rings is 2. The Morgan fingerprint density at radius 1 is 1.19 bits per heavy atom. The molecule has 0 bridgehead atoms. The Kier molecular flexibility index (Phi) is 3.76. The van der Waals surface area contributed by atoms with E-state index in [9.17, 15) is 0 Å². The molecule has 8 heteroatoms. The van der Waals surface area contributed by atoms with Gasteiger partial charge in [0.2, 0.25) is 5.16 Å². The molecule has 0 amide bonds. The third kappa shape index (κ3) is 2.72. The number of H-pyrrole nitrogens is 1. The van der Waals surface area contributed by atoms with Gasteiger partial charge in [0.25, 0.3) is 0 Å². The summed E-state index contributed by atoms with van der Waals surface area (Å²) in [5.41, 5.74) is 8.82. The summed E-state index contributed by atoms with van der Waals surface area (Å²) in [5, 5.41) is 10.7. The molecule has 134 valence electrons. The maximum atomic E-state index is 5.42. The van der Waals surface area contributed by atoms with Gasteiger partial charge in [0, 0.05) is 22.9 Å². The molecule has 0 saturated carbocycles. The van der Waals surface area contributed by atoms with Crippen molar-refractivity contribution in [3.63, 3.8) is 0 Å². The summed E-state index contributed by atoms with van der Waals surface area (Å²) in [6, 6.07) is 10.4. The van der Waals surface area contributed by atoms with E-state index >= 15 is 0 Å². The topological polar surface area (TPSA) is 71.4 Å². The number of rotatable bonds is 1. The standard InChI is InChI=1S/C19H16N6S2/c1-10-6-11(2)14-8-12-9-27-19-23-22-17(13-4-3-5-20-18(13)26)25(19)24-16(12)21-15(14)7-10/h3-8H,9H2,1-2H3,(H,20,26)(H,21,24). The van der Waals surface area contributed by atoms with Gasteiger partial charge < -0.3 is 4.98 Å². The Labute approximate surface area is 165 Å². The summed E-state index contributed by atoms with van der Waals surface area (Å²) in [6.07, 6.45) is 1.81. The van der Waals surface area contributed by atoms with Gasteiger partial charge in [-0.2, -0.15) is 0 Å². The number of thioether (sulfide) groups is 1. The van der Waals surface area contributed by atoms with Crippen molar-refractivity contribution in [1.82, 2.24) is 24.8 Å². The largest absolute Gasteiger partial charge is 0.352 e. The van der Waals surface area contributed by atoms with Crippen molar-refractivity contribution in [3.05, 3.63) is 57.9 Å². The van der Waals surface area contributed by atoms with E-state index in [1.165, 1.54) is 16.5 Å². The summed E-state index contributed by atoms with van der Waals surface area (Å²) in [5.74, 6) is 2.28. The fourth-order valence-corrected chi connectivity index (χ4v) is 4.45. The van der Waals surface area contributed by atoms with E-state index in [1.807, 2.05) is 16.8 Å². The second-order valence-corrected chi connectivity index (χ2v) is 7.95.